The van der Waals surface area contributed by atoms with Crippen molar-refractivity contribution in [3.63, 3.8) is 0 Å². The Kier molecular flexibility index (Phi) is 3.94. The van der Waals surface area contributed by atoms with Crippen LogP contribution in [0.4, 0.5) is 0 Å². The first kappa shape index (κ1) is 12.7. The van der Waals surface area contributed by atoms with Crippen LogP contribution in [0.25, 0.3) is 0 Å². The molecule has 0 saturated carbocycles. The largest absolute Gasteiger partial charge is 0.507 e. The third-order valence-corrected chi connectivity index (χ3v) is 3.87. The maximum absolute atomic E-state index is 12.1. The zero-order valence-corrected chi connectivity index (χ0v) is 11.5. The second-order valence-electron chi connectivity index (χ2n) is 4.16. The van der Waals surface area contributed by atoms with Gasteiger partial charge in [-0.3, -0.25) is 4.79 Å². The number of benzene rings is 1. The summed E-state index contributed by atoms with van der Waals surface area (Å²) in [5.41, 5.74) is 0.497. The molecule has 0 aliphatic carbocycles. The number of alkyl halides is 1. The van der Waals surface area contributed by atoms with Gasteiger partial charge in [0.1, 0.15) is 5.75 Å². The van der Waals surface area contributed by atoms with Gasteiger partial charge in [0.25, 0.3) is 5.91 Å². The number of aromatic hydroxyl groups is 1. The molecule has 1 fully saturated rings. The third-order valence-electron chi connectivity index (χ3n) is 2.84. The number of rotatable bonds is 1. The summed E-state index contributed by atoms with van der Waals surface area (Å²) in [6.07, 6.45) is 1.89. The molecule has 92 valence electrons. The van der Waals surface area contributed by atoms with Crippen molar-refractivity contribution in [2.75, 3.05) is 13.1 Å². The van der Waals surface area contributed by atoms with Crippen molar-refractivity contribution >= 4 is 33.4 Å². The molecule has 1 heterocycles. The van der Waals surface area contributed by atoms with Gasteiger partial charge in [0.15, 0.2) is 0 Å². The van der Waals surface area contributed by atoms with E-state index in [0.29, 0.717) is 16.6 Å². The molecular weight excluding hydrogens is 305 g/mol. The molecule has 0 bridgehead atoms. The molecule has 0 spiro atoms. The Morgan fingerprint density at radius 2 is 2.29 bits per heavy atom. The summed E-state index contributed by atoms with van der Waals surface area (Å²) >= 11 is 9.24. The van der Waals surface area contributed by atoms with Gasteiger partial charge in [-0.2, -0.15) is 0 Å². The van der Waals surface area contributed by atoms with Crippen molar-refractivity contribution in [3.8, 4) is 5.75 Å². The number of phenolic OH excluding ortho intramolecular Hbond substituents is 1. The fourth-order valence-electron chi connectivity index (χ4n) is 1.94. The van der Waals surface area contributed by atoms with E-state index in [-0.39, 0.29) is 17.0 Å². The summed E-state index contributed by atoms with van der Waals surface area (Å²) in [6.45, 7) is 1.32. The second kappa shape index (κ2) is 5.27. The van der Waals surface area contributed by atoms with Crippen molar-refractivity contribution in [1.29, 1.82) is 0 Å². The van der Waals surface area contributed by atoms with Crippen LogP contribution in [0.2, 0.25) is 0 Å². The summed E-state index contributed by atoms with van der Waals surface area (Å²) in [5, 5.41) is 9.59. The Morgan fingerprint density at radius 1 is 1.53 bits per heavy atom. The topological polar surface area (TPSA) is 40.5 Å². The second-order valence-corrected chi connectivity index (χ2v) is 5.63. The highest BCUT2D eigenvalue weighted by atomic mass is 79.9. The highest BCUT2D eigenvalue weighted by Crippen LogP contribution is 2.25. The van der Waals surface area contributed by atoms with E-state index in [2.05, 4.69) is 15.9 Å². The smallest absolute Gasteiger partial charge is 0.254 e. The van der Waals surface area contributed by atoms with Gasteiger partial charge in [0.05, 0.1) is 9.85 Å². The molecule has 1 aromatic rings. The van der Waals surface area contributed by atoms with E-state index in [1.807, 2.05) is 0 Å². The predicted octanol–water partition coefficient (Wildman–Crippen LogP) is 3.00. The monoisotopic (exact) mass is 317 g/mol. The van der Waals surface area contributed by atoms with Gasteiger partial charge in [-0.05, 0) is 47.0 Å². The lowest BCUT2D eigenvalue weighted by atomic mass is 10.1. The summed E-state index contributed by atoms with van der Waals surface area (Å²) in [5.74, 6) is 0.00781. The van der Waals surface area contributed by atoms with Gasteiger partial charge >= 0.3 is 0 Å². The maximum Gasteiger partial charge on any atom is 0.254 e. The number of hydrogen-bond donors (Lipinski definition) is 1. The number of carbonyl (C=O) groups excluding carboxylic acids is 1. The molecule has 1 aromatic carbocycles. The van der Waals surface area contributed by atoms with Crippen LogP contribution in [0.3, 0.4) is 0 Å². The summed E-state index contributed by atoms with van der Waals surface area (Å²) in [4.78, 5) is 13.9. The van der Waals surface area contributed by atoms with E-state index in [1.165, 1.54) is 6.07 Å². The number of hydrogen-bond acceptors (Lipinski definition) is 2. The average Bonchev–Trinajstić information content (AvgIpc) is 2.32. The molecule has 1 amide bonds. The van der Waals surface area contributed by atoms with E-state index in [1.54, 1.807) is 17.0 Å². The normalized spacial score (nSPS) is 20.4. The van der Waals surface area contributed by atoms with E-state index in [0.717, 1.165) is 19.4 Å². The number of halogens is 2. The minimum atomic E-state index is -0.0712. The maximum atomic E-state index is 12.1. The van der Waals surface area contributed by atoms with Crippen LogP contribution in [0.1, 0.15) is 23.2 Å². The Hall–Kier alpha value is -0.740. The van der Waals surface area contributed by atoms with Crippen LogP contribution in [0.15, 0.2) is 22.7 Å². The number of piperidine rings is 1. The molecule has 1 saturated heterocycles. The van der Waals surface area contributed by atoms with Gasteiger partial charge in [0, 0.05) is 18.7 Å². The molecule has 1 unspecified atom stereocenters. The number of phenols is 1. The van der Waals surface area contributed by atoms with E-state index in [9.17, 15) is 9.90 Å². The van der Waals surface area contributed by atoms with Gasteiger partial charge in [-0.15, -0.1) is 11.6 Å². The Bertz CT molecular complexity index is 439. The molecule has 1 aliphatic rings. The molecule has 5 heteroatoms. The van der Waals surface area contributed by atoms with Crippen LogP contribution in [0, 0.1) is 0 Å². The summed E-state index contributed by atoms with van der Waals surface area (Å²) in [7, 11) is 0. The Morgan fingerprint density at radius 3 is 2.94 bits per heavy atom. The first-order chi connectivity index (χ1) is 8.08. The molecule has 1 atom stereocenters. The van der Waals surface area contributed by atoms with Crippen molar-refractivity contribution in [3.05, 3.63) is 28.2 Å². The lowest BCUT2D eigenvalue weighted by Gasteiger charge is -2.29. The molecular formula is C12H13BrClNO2. The van der Waals surface area contributed by atoms with Crippen molar-refractivity contribution in [2.24, 2.45) is 0 Å². The molecule has 1 N–H and O–H groups in total. The first-order valence-electron chi connectivity index (χ1n) is 5.50. The summed E-state index contributed by atoms with van der Waals surface area (Å²) < 4.78 is 0.586. The van der Waals surface area contributed by atoms with Crippen molar-refractivity contribution in [1.82, 2.24) is 4.90 Å². The molecule has 17 heavy (non-hydrogen) atoms. The molecule has 1 aliphatic heterocycles. The molecule has 3 nitrogen and oxygen atoms in total. The van der Waals surface area contributed by atoms with E-state index >= 15 is 0 Å². The summed E-state index contributed by atoms with van der Waals surface area (Å²) in [6, 6.07) is 4.85. The quantitative estimate of drug-likeness (QED) is 0.809. The van der Waals surface area contributed by atoms with Gasteiger partial charge < -0.3 is 10.0 Å². The van der Waals surface area contributed by atoms with Gasteiger partial charge in [-0.1, -0.05) is 0 Å². The predicted molar refractivity (Wildman–Crippen MR) is 70.6 cm³/mol. The standard InChI is InChI=1S/C12H13BrClNO2/c13-10-4-3-8(6-11(10)16)12(17)15-5-1-2-9(14)7-15/h3-4,6,9,16H,1-2,5,7H2. The number of amides is 1. The van der Waals surface area contributed by atoms with Crippen LogP contribution in [-0.4, -0.2) is 34.4 Å². The van der Waals surface area contributed by atoms with Gasteiger partial charge in [0.2, 0.25) is 0 Å². The van der Waals surface area contributed by atoms with Crippen LogP contribution >= 0.6 is 27.5 Å². The van der Waals surface area contributed by atoms with Gasteiger partial charge in [-0.25, -0.2) is 0 Å². The first-order valence-corrected chi connectivity index (χ1v) is 6.72. The zero-order chi connectivity index (χ0) is 12.4. The molecule has 0 aromatic heterocycles. The fraction of sp³-hybridized carbons (Fsp3) is 0.417. The minimum Gasteiger partial charge on any atom is -0.507 e. The lowest BCUT2D eigenvalue weighted by molar-refractivity contribution is 0.0726. The lowest BCUT2D eigenvalue weighted by Crippen LogP contribution is -2.40. The van der Waals surface area contributed by atoms with Crippen molar-refractivity contribution < 1.29 is 9.90 Å². The molecule has 0 radical (unpaired) electrons. The van der Waals surface area contributed by atoms with Crippen LogP contribution in [-0.2, 0) is 0 Å². The van der Waals surface area contributed by atoms with E-state index in [4.69, 9.17) is 11.6 Å². The average molecular weight is 319 g/mol. The Labute approximate surface area is 114 Å². The number of likely N-dealkylation sites (tertiary alicyclic amines) is 1. The van der Waals surface area contributed by atoms with Crippen LogP contribution in [0.5, 0.6) is 5.75 Å². The third kappa shape index (κ3) is 2.93. The zero-order valence-electron chi connectivity index (χ0n) is 9.20. The highest BCUT2D eigenvalue weighted by molar-refractivity contribution is 9.10. The van der Waals surface area contributed by atoms with Crippen molar-refractivity contribution in [2.45, 2.75) is 18.2 Å². The number of carbonyl (C=O) groups is 1. The highest BCUT2D eigenvalue weighted by Gasteiger charge is 2.23. The van der Waals surface area contributed by atoms with Crippen LogP contribution < -0.4 is 0 Å². The number of nitrogens with zero attached hydrogens (tertiary/aromatic N) is 1. The SMILES string of the molecule is O=C(c1ccc(Br)c(O)c1)N1CCCC(Cl)C1. The fourth-order valence-corrected chi connectivity index (χ4v) is 2.51. The molecule has 2 rings (SSSR count). The minimum absolute atomic E-state index is 0.0387. The van der Waals surface area contributed by atoms with E-state index < -0.39 is 0 Å². The Balaban J connectivity index is 2.15.